The number of alkyl halides is 3. The summed E-state index contributed by atoms with van der Waals surface area (Å²) in [6.07, 6.45) is 1.27. The molecule has 0 saturated carbocycles. The van der Waals surface area contributed by atoms with Crippen molar-refractivity contribution in [2.24, 2.45) is 0 Å². The Hall–Kier alpha value is -0.250. The van der Waals surface area contributed by atoms with E-state index in [9.17, 15) is 4.79 Å². The topological polar surface area (TPSA) is 45.8 Å². The molecule has 6 heteroatoms. The Labute approximate surface area is 77.3 Å². The summed E-state index contributed by atoms with van der Waals surface area (Å²) >= 11 is 16.3. The molecule has 60 valence electrons. The number of aromatic nitrogens is 2. The van der Waals surface area contributed by atoms with Gasteiger partial charge in [-0.3, -0.25) is 4.79 Å². The molecule has 1 aromatic heterocycles. The van der Waals surface area contributed by atoms with Crippen molar-refractivity contribution in [1.82, 2.24) is 9.97 Å². The van der Waals surface area contributed by atoms with Crippen LogP contribution in [-0.2, 0) is 3.79 Å². The van der Waals surface area contributed by atoms with Crippen molar-refractivity contribution in [3.8, 4) is 0 Å². The largest absolute Gasteiger partial charge is 0.307 e. The number of nitrogens with zero attached hydrogens (tertiary/aromatic N) is 1. The Morgan fingerprint density at radius 2 is 2.09 bits per heavy atom. The lowest BCUT2D eigenvalue weighted by molar-refractivity contribution is 0.945. The average Bonchev–Trinajstić information content (AvgIpc) is 1.86. The van der Waals surface area contributed by atoms with Gasteiger partial charge in [-0.1, -0.05) is 34.8 Å². The van der Waals surface area contributed by atoms with Gasteiger partial charge < -0.3 is 4.98 Å². The number of halogens is 3. The monoisotopic (exact) mass is 212 g/mol. The van der Waals surface area contributed by atoms with Crippen molar-refractivity contribution in [3.05, 3.63) is 28.4 Å². The molecular weight excluding hydrogens is 210 g/mol. The number of rotatable bonds is 0. The van der Waals surface area contributed by atoms with E-state index in [0.717, 1.165) is 0 Å². The second-order valence-corrected chi connectivity index (χ2v) is 4.06. The van der Waals surface area contributed by atoms with Gasteiger partial charge in [-0.25, -0.2) is 4.98 Å². The van der Waals surface area contributed by atoms with Gasteiger partial charge in [0.1, 0.15) is 0 Å². The first-order valence-electron chi connectivity index (χ1n) is 2.62. The maximum Gasteiger partial charge on any atom is 0.250 e. The first-order valence-corrected chi connectivity index (χ1v) is 3.76. The van der Waals surface area contributed by atoms with Crippen LogP contribution in [0.1, 0.15) is 5.82 Å². The first kappa shape index (κ1) is 8.84. The first-order chi connectivity index (χ1) is 5.00. The standard InChI is InChI=1S/C5H3Cl3N2O/c6-5(7,8)4-9-2-1-3(11)10-4/h1-2H,(H,9,10,11). The minimum absolute atomic E-state index is 0.0231. The highest BCUT2D eigenvalue weighted by atomic mass is 35.6. The summed E-state index contributed by atoms with van der Waals surface area (Å²) in [7, 11) is 0. The third-order valence-corrected chi connectivity index (χ3v) is 1.48. The number of H-pyrrole nitrogens is 1. The zero-order valence-corrected chi connectivity index (χ0v) is 7.41. The van der Waals surface area contributed by atoms with Crippen molar-refractivity contribution in [2.75, 3.05) is 0 Å². The summed E-state index contributed by atoms with van der Waals surface area (Å²) in [4.78, 5) is 16.6. The van der Waals surface area contributed by atoms with Crippen molar-refractivity contribution >= 4 is 34.8 Å². The normalized spacial score (nSPS) is 11.5. The summed E-state index contributed by atoms with van der Waals surface area (Å²) in [6, 6.07) is 1.24. The molecule has 0 atom stereocenters. The molecule has 0 aliphatic rings. The van der Waals surface area contributed by atoms with Crippen LogP contribution in [-0.4, -0.2) is 9.97 Å². The maximum absolute atomic E-state index is 10.7. The molecule has 3 nitrogen and oxygen atoms in total. The van der Waals surface area contributed by atoms with E-state index in [1.54, 1.807) is 0 Å². The third-order valence-electron chi connectivity index (χ3n) is 0.940. The summed E-state index contributed by atoms with van der Waals surface area (Å²) in [6.45, 7) is 0. The molecule has 1 rings (SSSR count). The van der Waals surface area contributed by atoms with Crippen LogP contribution in [0.5, 0.6) is 0 Å². The predicted molar refractivity (Wildman–Crippen MR) is 44.1 cm³/mol. The fraction of sp³-hybridized carbons (Fsp3) is 0.200. The van der Waals surface area contributed by atoms with Gasteiger partial charge in [0.25, 0.3) is 5.56 Å². The van der Waals surface area contributed by atoms with E-state index >= 15 is 0 Å². The van der Waals surface area contributed by atoms with E-state index in [4.69, 9.17) is 34.8 Å². The summed E-state index contributed by atoms with van der Waals surface area (Å²) < 4.78 is -1.67. The fourth-order valence-electron chi connectivity index (χ4n) is 0.514. The van der Waals surface area contributed by atoms with E-state index in [2.05, 4.69) is 9.97 Å². The van der Waals surface area contributed by atoms with Gasteiger partial charge in [0.15, 0.2) is 5.82 Å². The van der Waals surface area contributed by atoms with Crippen molar-refractivity contribution < 1.29 is 0 Å². The lowest BCUT2D eigenvalue weighted by Crippen LogP contribution is -2.14. The molecule has 0 aromatic carbocycles. The van der Waals surface area contributed by atoms with Gasteiger partial charge in [0.2, 0.25) is 3.79 Å². The Bertz CT molecular complexity index is 303. The van der Waals surface area contributed by atoms with E-state index in [0.29, 0.717) is 0 Å². The Morgan fingerprint density at radius 1 is 1.45 bits per heavy atom. The quantitative estimate of drug-likeness (QED) is 0.665. The van der Waals surface area contributed by atoms with Crippen LogP contribution in [0.4, 0.5) is 0 Å². The SMILES string of the molecule is O=c1ccnc(C(Cl)(Cl)Cl)[nH]1. The van der Waals surface area contributed by atoms with Crippen LogP contribution < -0.4 is 5.56 Å². The van der Waals surface area contributed by atoms with Crippen LogP contribution in [0, 0.1) is 0 Å². The van der Waals surface area contributed by atoms with Crippen LogP contribution in [0.25, 0.3) is 0 Å². The highest BCUT2D eigenvalue weighted by Gasteiger charge is 2.25. The summed E-state index contributed by atoms with van der Waals surface area (Å²) in [5, 5.41) is 0. The maximum atomic E-state index is 10.7. The Morgan fingerprint density at radius 3 is 2.45 bits per heavy atom. The van der Waals surface area contributed by atoms with Gasteiger partial charge in [-0.05, 0) is 0 Å². The molecule has 0 aliphatic carbocycles. The second-order valence-electron chi connectivity index (χ2n) is 1.78. The lowest BCUT2D eigenvalue weighted by Gasteiger charge is -2.07. The molecule has 0 amide bonds. The van der Waals surface area contributed by atoms with Crippen molar-refractivity contribution in [1.29, 1.82) is 0 Å². The molecule has 0 unspecified atom stereocenters. The number of hydrogen-bond donors (Lipinski definition) is 1. The summed E-state index contributed by atoms with van der Waals surface area (Å²) in [5.41, 5.74) is -0.346. The van der Waals surface area contributed by atoms with Crippen molar-refractivity contribution in [3.63, 3.8) is 0 Å². The van der Waals surface area contributed by atoms with E-state index in [-0.39, 0.29) is 11.4 Å². The van der Waals surface area contributed by atoms with Crippen LogP contribution >= 0.6 is 34.8 Å². The minimum atomic E-state index is -1.67. The average molecular weight is 213 g/mol. The lowest BCUT2D eigenvalue weighted by atomic mass is 10.6. The van der Waals surface area contributed by atoms with Gasteiger partial charge in [0, 0.05) is 12.3 Å². The molecular formula is C5H3Cl3N2O. The zero-order valence-electron chi connectivity index (χ0n) is 5.14. The smallest absolute Gasteiger partial charge is 0.250 e. The molecule has 1 heterocycles. The van der Waals surface area contributed by atoms with Gasteiger partial charge in [-0.2, -0.15) is 0 Å². The summed E-state index contributed by atoms with van der Waals surface area (Å²) in [5.74, 6) is 0.0231. The van der Waals surface area contributed by atoms with Crippen LogP contribution in [0.3, 0.4) is 0 Å². The molecule has 0 spiro atoms. The molecule has 0 fully saturated rings. The molecule has 11 heavy (non-hydrogen) atoms. The second kappa shape index (κ2) is 3.01. The number of nitrogens with one attached hydrogen (secondary N) is 1. The Kier molecular flexibility index (Phi) is 2.42. The fourth-order valence-corrected chi connectivity index (χ4v) is 0.802. The van der Waals surface area contributed by atoms with Crippen molar-refractivity contribution in [2.45, 2.75) is 3.79 Å². The zero-order chi connectivity index (χ0) is 8.48. The van der Waals surface area contributed by atoms with Crippen LogP contribution in [0.15, 0.2) is 17.1 Å². The Balaban J connectivity index is 3.16. The number of hydrogen-bond acceptors (Lipinski definition) is 2. The van der Waals surface area contributed by atoms with Gasteiger partial charge in [0.05, 0.1) is 0 Å². The molecule has 1 N–H and O–H groups in total. The third kappa shape index (κ3) is 2.36. The minimum Gasteiger partial charge on any atom is -0.307 e. The molecule has 0 saturated heterocycles. The molecule has 0 bridgehead atoms. The number of aromatic amines is 1. The van der Waals surface area contributed by atoms with E-state index in [1.807, 2.05) is 0 Å². The van der Waals surface area contributed by atoms with Gasteiger partial charge in [-0.15, -0.1) is 0 Å². The molecule has 0 aliphatic heterocycles. The van der Waals surface area contributed by atoms with E-state index < -0.39 is 3.79 Å². The predicted octanol–water partition coefficient (Wildman–Crippen LogP) is 1.60. The molecule has 0 radical (unpaired) electrons. The highest BCUT2D eigenvalue weighted by molar-refractivity contribution is 6.66. The highest BCUT2D eigenvalue weighted by Crippen LogP contribution is 2.34. The molecule has 1 aromatic rings. The van der Waals surface area contributed by atoms with Crippen LogP contribution in [0.2, 0.25) is 0 Å². The van der Waals surface area contributed by atoms with Gasteiger partial charge >= 0.3 is 0 Å². The van der Waals surface area contributed by atoms with E-state index in [1.165, 1.54) is 12.3 Å².